The molecule has 0 bridgehead atoms. The number of benzene rings is 15. The molecule has 0 saturated heterocycles. The first kappa shape index (κ1) is 42.1. The van der Waals surface area contributed by atoms with Crippen LogP contribution >= 0.6 is 0 Å². The lowest BCUT2D eigenvalue weighted by Crippen LogP contribution is -1.93. The Hall–Kier alpha value is -9.62. The summed E-state index contributed by atoms with van der Waals surface area (Å²) in [4.78, 5) is 0. The highest BCUT2D eigenvalue weighted by atomic mass is 14.3. The van der Waals surface area contributed by atoms with Gasteiger partial charge in [-0.25, -0.2) is 0 Å². The molecule has 0 aromatic heterocycles. The summed E-state index contributed by atoms with van der Waals surface area (Å²) in [5.41, 5.74) is 14.8. The van der Waals surface area contributed by atoms with E-state index >= 15 is 0 Å². The van der Waals surface area contributed by atoms with E-state index in [1.807, 2.05) is 0 Å². The van der Waals surface area contributed by atoms with Gasteiger partial charge in [0.15, 0.2) is 0 Å². The number of rotatable bonds is 6. The molecule has 0 aliphatic rings. The summed E-state index contributed by atoms with van der Waals surface area (Å²) in [5.74, 6) is 0. The maximum Gasteiger partial charge on any atom is -0.00199 e. The molecule has 0 fully saturated rings. The lowest BCUT2D eigenvalue weighted by atomic mass is 9.82. The molecule has 0 spiro atoms. The fraction of sp³-hybridized carbons (Fsp3) is 0. The van der Waals surface area contributed by atoms with Crippen molar-refractivity contribution in [2.45, 2.75) is 0 Å². The number of hydrogen-bond acceptors (Lipinski definition) is 0. The molecular weight excluding hydrogens is 889 g/mol. The van der Waals surface area contributed by atoms with Gasteiger partial charge in [-0.2, -0.15) is 0 Å². The second kappa shape index (κ2) is 17.0. The molecule has 15 aromatic carbocycles. The Morgan fingerprint density at radius 1 is 0.135 bits per heavy atom. The minimum atomic E-state index is 1.18. The molecule has 0 atom stereocenters. The molecule has 0 heterocycles. The Morgan fingerprint density at radius 3 is 0.689 bits per heavy atom. The van der Waals surface area contributed by atoms with Gasteiger partial charge in [0, 0.05) is 0 Å². The zero-order valence-electron chi connectivity index (χ0n) is 40.6. The maximum atomic E-state index is 2.47. The molecule has 0 saturated carbocycles. The molecule has 0 amide bonds. The van der Waals surface area contributed by atoms with Gasteiger partial charge >= 0.3 is 0 Å². The van der Waals surface area contributed by atoms with E-state index < -0.39 is 0 Å². The van der Waals surface area contributed by atoms with E-state index in [0.29, 0.717) is 0 Å². The van der Waals surface area contributed by atoms with E-state index in [-0.39, 0.29) is 0 Å². The maximum absolute atomic E-state index is 2.47. The average molecular weight is 935 g/mol. The van der Waals surface area contributed by atoms with E-state index in [4.69, 9.17) is 0 Å². The summed E-state index contributed by atoms with van der Waals surface area (Å²) < 4.78 is 0. The Balaban J connectivity index is 0.979. The molecule has 0 unspecified atom stereocenters. The van der Waals surface area contributed by atoms with Gasteiger partial charge in [0.1, 0.15) is 0 Å². The molecular formula is C74H46. The first-order chi connectivity index (χ1) is 36.7. The summed E-state index contributed by atoms with van der Waals surface area (Å²) >= 11 is 0. The zero-order valence-corrected chi connectivity index (χ0v) is 40.6. The average Bonchev–Trinajstić information content (AvgIpc) is 3.48. The monoisotopic (exact) mass is 934 g/mol. The fourth-order valence-corrected chi connectivity index (χ4v) is 12.5. The van der Waals surface area contributed by atoms with Crippen molar-refractivity contribution in [1.82, 2.24) is 0 Å². The predicted molar refractivity (Wildman–Crippen MR) is 319 cm³/mol. The van der Waals surface area contributed by atoms with E-state index in [1.165, 1.54) is 153 Å². The topological polar surface area (TPSA) is 0 Å². The van der Waals surface area contributed by atoms with Crippen molar-refractivity contribution in [2.24, 2.45) is 0 Å². The minimum Gasteiger partial charge on any atom is -0.0616 e. The van der Waals surface area contributed by atoms with Crippen LogP contribution in [-0.2, 0) is 0 Å². The largest absolute Gasteiger partial charge is 0.0616 e. The highest BCUT2D eigenvalue weighted by Gasteiger charge is 2.22. The first-order valence-corrected chi connectivity index (χ1v) is 25.7. The summed E-state index contributed by atoms with van der Waals surface area (Å²) in [6, 6.07) is 104. The molecule has 0 radical (unpaired) electrons. The van der Waals surface area contributed by atoms with Crippen molar-refractivity contribution in [2.75, 3.05) is 0 Å². The molecule has 15 aromatic rings. The van der Waals surface area contributed by atoms with E-state index in [0.717, 1.165) is 0 Å². The van der Waals surface area contributed by atoms with Gasteiger partial charge in [-0.15, -0.1) is 0 Å². The minimum absolute atomic E-state index is 1.18. The predicted octanol–water partition coefficient (Wildman–Crippen LogP) is 20.9. The molecule has 342 valence electrons. The Bertz CT molecular complexity index is 4460. The van der Waals surface area contributed by atoms with Gasteiger partial charge in [-0.1, -0.05) is 261 Å². The number of fused-ring (bicyclic) bond motifs is 8. The summed E-state index contributed by atoms with van der Waals surface area (Å²) in [5, 5.41) is 19.9. The van der Waals surface area contributed by atoms with Crippen LogP contribution in [0.1, 0.15) is 0 Å². The lowest BCUT2D eigenvalue weighted by Gasteiger charge is -2.21. The van der Waals surface area contributed by atoms with Crippen LogP contribution in [-0.4, -0.2) is 0 Å². The van der Waals surface area contributed by atoms with Crippen molar-refractivity contribution in [3.8, 4) is 66.8 Å². The van der Waals surface area contributed by atoms with Crippen molar-refractivity contribution in [1.29, 1.82) is 0 Å². The highest BCUT2D eigenvalue weighted by Crippen LogP contribution is 2.50. The van der Waals surface area contributed by atoms with Gasteiger partial charge in [0.2, 0.25) is 0 Å². The Morgan fingerprint density at radius 2 is 0.365 bits per heavy atom. The van der Waals surface area contributed by atoms with Crippen LogP contribution in [0.25, 0.3) is 153 Å². The smallest absolute Gasteiger partial charge is 0.00199 e. The lowest BCUT2D eigenvalue weighted by molar-refractivity contribution is 1.61. The van der Waals surface area contributed by atoms with Crippen LogP contribution in [0.4, 0.5) is 0 Å². The third kappa shape index (κ3) is 6.62. The van der Waals surface area contributed by atoms with Crippen LogP contribution in [0.15, 0.2) is 279 Å². The summed E-state index contributed by atoms with van der Waals surface area (Å²) in [7, 11) is 0. The molecule has 0 nitrogen and oxygen atoms in total. The van der Waals surface area contributed by atoms with Gasteiger partial charge < -0.3 is 0 Å². The fourth-order valence-electron chi connectivity index (χ4n) is 12.5. The molecule has 0 aliphatic carbocycles. The molecule has 74 heavy (non-hydrogen) atoms. The molecule has 0 N–H and O–H groups in total. The van der Waals surface area contributed by atoms with Gasteiger partial charge in [-0.3, -0.25) is 0 Å². The highest BCUT2D eigenvalue weighted by molar-refractivity contribution is 6.27. The van der Waals surface area contributed by atoms with Gasteiger partial charge in [0.25, 0.3) is 0 Å². The normalized spacial score (nSPS) is 11.8. The molecule has 0 heteroatoms. The molecule has 0 aliphatic heterocycles. The van der Waals surface area contributed by atoms with Crippen LogP contribution in [0.3, 0.4) is 0 Å². The summed E-state index contributed by atoms with van der Waals surface area (Å²) in [6.07, 6.45) is 0. The number of hydrogen-bond donors (Lipinski definition) is 0. The first-order valence-electron chi connectivity index (χ1n) is 25.7. The summed E-state index contributed by atoms with van der Waals surface area (Å²) in [6.45, 7) is 0. The van der Waals surface area contributed by atoms with Crippen LogP contribution in [0.2, 0.25) is 0 Å². The van der Waals surface area contributed by atoms with E-state index in [9.17, 15) is 0 Å². The van der Waals surface area contributed by atoms with Crippen molar-refractivity contribution in [3.05, 3.63) is 279 Å². The second-order valence-electron chi connectivity index (χ2n) is 19.8. The van der Waals surface area contributed by atoms with E-state index in [1.54, 1.807) is 0 Å². The standard InChI is InChI=1S/C74H46/c1-5-28-55-47(18-1)22-14-36-59(55)71-63-32-9-11-34-65(63)73(61-38-16-24-49-20-3-7-30-57(49)61)69-45-53(40-42-67(69)71)51-26-13-27-52(44-51)54-41-43-68-70(46-54)74(62-39-17-25-50-21-4-8-31-58(50)62)66-35-12-10-33-64(66)72(68)60-37-15-23-48-19-2-6-29-56(48)60/h1-46H. The van der Waals surface area contributed by atoms with Gasteiger partial charge in [-0.05, 0) is 171 Å². The zero-order chi connectivity index (χ0) is 48.7. The van der Waals surface area contributed by atoms with Crippen LogP contribution < -0.4 is 0 Å². The third-order valence-corrected chi connectivity index (χ3v) is 15.8. The van der Waals surface area contributed by atoms with Crippen molar-refractivity contribution >= 4 is 86.2 Å². The molecule has 15 rings (SSSR count). The van der Waals surface area contributed by atoms with Crippen LogP contribution in [0, 0.1) is 0 Å². The van der Waals surface area contributed by atoms with Crippen molar-refractivity contribution < 1.29 is 0 Å². The Labute approximate surface area is 429 Å². The Kier molecular flexibility index (Phi) is 9.68. The SMILES string of the molecule is c1cc(-c2ccc3c(-c4cccc5ccccc45)c4ccccc4c(-c4cccc5ccccc45)c3c2)cc(-c2ccc3c(-c4cccc5ccccc45)c4ccccc4c(-c4cccc5ccccc45)c3c2)c1. The van der Waals surface area contributed by atoms with Gasteiger partial charge in [0.05, 0.1) is 0 Å². The second-order valence-corrected chi connectivity index (χ2v) is 19.8. The van der Waals surface area contributed by atoms with Crippen molar-refractivity contribution in [3.63, 3.8) is 0 Å². The third-order valence-electron chi connectivity index (χ3n) is 15.8. The quantitative estimate of drug-likeness (QED) is 0.146. The van der Waals surface area contributed by atoms with Crippen LogP contribution in [0.5, 0.6) is 0 Å². The van der Waals surface area contributed by atoms with E-state index in [2.05, 4.69) is 279 Å².